The van der Waals surface area contributed by atoms with E-state index in [0.717, 1.165) is 0 Å². The number of carbonyl (C=O) groups is 1. The molecule has 2 rings (SSSR count). The van der Waals surface area contributed by atoms with Gasteiger partial charge >= 0.3 is 0 Å². The van der Waals surface area contributed by atoms with Crippen LogP contribution < -0.4 is 0 Å². The molecule has 72 valence electrons. The molecule has 1 heterocycles. The van der Waals surface area contributed by atoms with Gasteiger partial charge in [0.2, 0.25) is 0 Å². The van der Waals surface area contributed by atoms with Crippen molar-refractivity contribution < 1.29 is 19.4 Å². The fraction of sp³-hybridized carbons (Fsp3) is 0.667. The van der Waals surface area contributed by atoms with Crippen LogP contribution in [0.5, 0.6) is 0 Å². The minimum absolute atomic E-state index is 0.217. The molecule has 0 spiro atoms. The average Bonchev–Trinajstić information content (AvgIpc) is 2.46. The second-order valence-corrected chi connectivity index (χ2v) is 3.81. The number of rotatable bonds is 1. The van der Waals surface area contributed by atoms with Gasteiger partial charge in [-0.3, -0.25) is 4.79 Å². The summed E-state index contributed by atoms with van der Waals surface area (Å²) < 4.78 is 10.9. The lowest BCUT2D eigenvalue weighted by molar-refractivity contribution is -0.176. The summed E-state index contributed by atoms with van der Waals surface area (Å²) in [5.74, 6) is -1.01. The SMILES string of the molecule is CC1(C)O[C@H]2C=CC(=O)[C@@]2(CO)O1. The Morgan fingerprint density at radius 3 is 2.85 bits per heavy atom. The predicted molar refractivity (Wildman–Crippen MR) is 44.0 cm³/mol. The third kappa shape index (κ3) is 1.06. The van der Waals surface area contributed by atoms with Gasteiger partial charge in [0.1, 0.15) is 6.10 Å². The van der Waals surface area contributed by atoms with E-state index in [9.17, 15) is 4.79 Å². The van der Waals surface area contributed by atoms with Crippen LogP contribution in [-0.4, -0.2) is 35.0 Å². The van der Waals surface area contributed by atoms with Crippen LogP contribution in [0.1, 0.15) is 13.8 Å². The maximum atomic E-state index is 11.4. The third-order valence-corrected chi connectivity index (χ3v) is 2.37. The molecule has 1 fully saturated rings. The molecule has 0 saturated carbocycles. The van der Waals surface area contributed by atoms with Crippen molar-refractivity contribution in [2.75, 3.05) is 6.61 Å². The van der Waals surface area contributed by atoms with Crippen molar-refractivity contribution in [3.05, 3.63) is 12.2 Å². The van der Waals surface area contributed by atoms with Gasteiger partial charge in [0.25, 0.3) is 0 Å². The molecule has 0 aromatic carbocycles. The molecule has 4 heteroatoms. The number of ether oxygens (including phenoxy) is 2. The van der Waals surface area contributed by atoms with E-state index in [2.05, 4.69) is 0 Å². The molecule has 2 atom stereocenters. The molecule has 1 saturated heterocycles. The normalized spacial score (nSPS) is 41.2. The second kappa shape index (κ2) is 2.41. The largest absolute Gasteiger partial charge is 0.393 e. The number of ketones is 1. The first-order valence-electron chi connectivity index (χ1n) is 4.22. The molecule has 4 nitrogen and oxygen atoms in total. The monoisotopic (exact) mass is 184 g/mol. The Balaban J connectivity index is 2.36. The average molecular weight is 184 g/mol. The lowest BCUT2D eigenvalue weighted by atomic mass is 9.99. The molecule has 0 aromatic rings. The lowest BCUT2D eigenvalue weighted by Gasteiger charge is -2.23. The van der Waals surface area contributed by atoms with Crippen LogP contribution in [0.4, 0.5) is 0 Å². The summed E-state index contributed by atoms with van der Waals surface area (Å²) in [6, 6.07) is 0. The van der Waals surface area contributed by atoms with Crippen molar-refractivity contribution in [1.29, 1.82) is 0 Å². The fourth-order valence-corrected chi connectivity index (χ4v) is 1.82. The van der Waals surface area contributed by atoms with E-state index in [1.54, 1.807) is 19.9 Å². The Kier molecular flexibility index (Phi) is 1.64. The number of aliphatic hydroxyl groups excluding tert-OH is 1. The van der Waals surface area contributed by atoms with E-state index < -0.39 is 17.5 Å². The summed E-state index contributed by atoms with van der Waals surface area (Å²) >= 11 is 0. The molecular weight excluding hydrogens is 172 g/mol. The first kappa shape index (κ1) is 8.87. The highest BCUT2D eigenvalue weighted by Crippen LogP contribution is 2.40. The van der Waals surface area contributed by atoms with E-state index >= 15 is 0 Å². The first-order valence-corrected chi connectivity index (χ1v) is 4.22. The zero-order chi connectivity index (χ0) is 9.69. The molecule has 0 amide bonds. The molecule has 2 aliphatic rings. The van der Waals surface area contributed by atoms with Crippen LogP contribution in [0.2, 0.25) is 0 Å². The maximum absolute atomic E-state index is 11.4. The molecule has 1 aliphatic heterocycles. The summed E-state index contributed by atoms with van der Waals surface area (Å²) in [7, 11) is 0. The van der Waals surface area contributed by atoms with Gasteiger partial charge in [-0.15, -0.1) is 0 Å². The summed E-state index contributed by atoms with van der Waals surface area (Å²) in [5.41, 5.74) is -1.18. The van der Waals surface area contributed by atoms with Crippen molar-refractivity contribution >= 4 is 5.78 Å². The molecular formula is C9H12O4. The number of aliphatic hydroxyl groups is 1. The molecule has 0 bridgehead atoms. The first-order chi connectivity index (χ1) is 6.00. The Hall–Kier alpha value is -0.710. The Labute approximate surface area is 76.1 Å². The smallest absolute Gasteiger partial charge is 0.192 e. The van der Waals surface area contributed by atoms with E-state index in [4.69, 9.17) is 14.6 Å². The molecule has 0 unspecified atom stereocenters. The van der Waals surface area contributed by atoms with Gasteiger partial charge in [0.15, 0.2) is 17.2 Å². The molecule has 1 N–H and O–H groups in total. The second-order valence-electron chi connectivity index (χ2n) is 3.81. The van der Waals surface area contributed by atoms with Crippen LogP contribution in [0, 0.1) is 0 Å². The summed E-state index contributed by atoms with van der Waals surface area (Å²) in [6.07, 6.45) is 2.59. The summed E-state index contributed by atoms with van der Waals surface area (Å²) in [5, 5.41) is 9.16. The van der Waals surface area contributed by atoms with Gasteiger partial charge in [0.05, 0.1) is 6.61 Å². The van der Waals surface area contributed by atoms with Crippen molar-refractivity contribution in [1.82, 2.24) is 0 Å². The van der Waals surface area contributed by atoms with E-state index in [-0.39, 0.29) is 12.4 Å². The number of hydrogen-bond donors (Lipinski definition) is 1. The van der Waals surface area contributed by atoms with Crippen molar-refractivity contribution in [2.24, 2.45) is 0 Å². The standard InChI is InChI=1S/C9H12O4/c1-8(2)12-7-4-3-6(11)9(7,5-10)13-8/h3-4,7,10H,5H2,1-2H3/t7-,9+/m0/s1. The number of hydrogen-bond acceptors (Lipinski definition) is 4. The van der Waals surface area contributed by atoms with Crippen molar-refractivity contribution in [3.63, 3.8) is 0 Å². The van der Waals surface area contributed by atoms with Crippen LogP contribution in [0.3, 0.4) is 0 Å². The summed E-state index contributed by atoms with van der Waals surface area (Å²) in [6.45, 7) is 3.11. The van der Waals surface area contributed by atoms with Crippen molar-refractivity contribution in [3.8, 4) is 0 Å². The minimum Gasteiger partial charge on any atom is -0.393 e. The van der Waals surface area contributed by atoms with Gasteiger partial charge < -0.3 is 14.6 Å². The quantitative estimate of drug-likeness (QED) is 0.623. The molecule has 0 aromatic heterocycles. The molecule has 1 aliphatic carbocycles. The lowest BCUT2D eigenvalue weighted by Crippen LogP contribution is -2.46. The zero-order valence-corrected chi connectivity index (χ0v) is 7.61. The molecule has 0 radical (unpaired) electrons. The highest BCUT2D eigenvalue weighted by atomic mass is 16.8. The van der Waals surface area contributed by atoms with E-state index in [1.165, 1.54) is 6.08 Å². The van der Waals surface area contributed by atoms with Gasteiger partial charge in [-0.2, -0.15) is 0 Å². The van der Waals surface area contributed by atoms with Crippen LogP contribution in [-0.2, 0) is 14.3 Å². The van der Waals surface area contributed by atoms with Gasteiger partial charge in [-0.1, -0.05) is 0 Å². The third-order valence-electron chi connectivity index (χ3n) is 2.37. The van der Waals surface area contributed by atoms with Crippen LogP contribution in [0.25, 0.3) is 0 Å². The van der Waals surface area contributed by atoms with Gasteiger partial charge in [0, 0.05) is 0 Å². The van der Waals surface area contributed by atoms with Crippen molar-refractivity contribution in [2.45, 2.75) is 31.3 Å². The number of fused-ring (bicyclic) bond motifs is 1. The molecule has 13 heavy (non-hydrogen) atoms. The summed E-state index contributed by atoms with van der Waals surface area (Å²) in [4.78, 5) is 11.4. The fourth-order valence-electron chi connectivity index (χ4n) is 1.82. The topological polar surface area (TPSA) is 55.8 Å². The zero-order valence-electron chi connectivity index (χ0n) is 7.61. The van der Waals surface area contributed by atoms with E-state index in [1.807, 2.05) is 0 Å². The number of carbonyl (C=O) groups excluding carboxylic acids is 1. The predicted octanol–water partition coefficient (Wildman–Crippen LogP) is 0.00790. The van der Waals surface area contributed by atoms with Gasteiger partial charge in [-0.05, 0) is 26.0 Å². The van der Waals surface area contributed by atoms with Crippen LogP contribution >= 0.6 is 0 Å². The highest BCUT2D eigenvalue weighted by molar-refractivity contribution is 6.01. The van der Waals surface area contributed by atoms with Crippen LogP contribution in [0.15, 0.2) is 12.2 Å². The Morgan fingerprint density at radius 1 is 1.62 bits per heavy atom. The Morgan fingerprint density at radius 2 is 2.31 bits per heavy atom. The maximum Gasteiger partial charge on any atom is 0.192 e. The highest BCUT2D eigenvalue weighted by Gasteiger charge is 2.58. The minimum atomic E-state index is -1.18. The van der Waals surface area contributed by atoms with E-state index in [0.29, 0.717) is 0 Å². The van der Waals surface area contributed by atoms with Gasteiger partial charge in [-0.25, -0.2) is 0 Å². The Bertz CT molecular complexity index is 281.